The number of hydrogen-bond donors (Lipinski definition) is 0. The lowest BCUT2D eigenvalue weighted by atomic mass is 9.98. The maximum atomic E-state index is 8.74. The van der Waals surface area contributed by atoms with E-state index in [0.29, 0.717) is 16.9 Å². The molecule has 3 heterocycles. The summed E-state index contributed by atoms with van der Waals surface area (Å²) in [5.74, 6) is 0.351. The van der Waals surface area contributed by atoms with Crippen LogP contribution in [0.1, 0.15) is 6.85 Å². The first-order chi connectivity index (χ1) is 25.9. The van der Waals surface area contributed by atoms with Crippen molar-refractivity contribution in [2.75, 3.05) is 0 Å². The van der Waals surface area contributed by atoms with E-state index >= 15 is 0 Å². The Balaban J connectivity index is 1.11. The Bertz CT molecular complexity index is 3100. The van der Waals surface area contributed by atoms with Crippen molar-refractivity contribution in [1.29, 1.82) is 0 Å². The van der Waals surface area contributed by atoms with Crippen LogP contribution >= 0.6 is 11.3 Å². The lowest BCUT2D eigenvalue weighted by Crippen LogP contribution is -2.03. The zero-order valence-corrected chi connectivity index (χ0v) is 26.3. The lowest BCUT2D eigenvalue weighted by molar-refractivity contribution is 1.01. The molecule has 0 radical (unpaired) electrons. The van der Waals surface area contributed by atoms with Crippen molar-refractivity contribution in [1.82, 2.24) is 14.5 Å². The van der Waals surface area contributed by atoms with Crippen LogP contribution < -0.4 is 0 Å². The van der Waals surface area contributed by atoms with Crippen molar-refractivity contribution < 1.29 is 6.85 Å². The van der Waals surface area contributed by atoms with E-state index in [1.54, 1.807) is 0 Å². The molecule has 0 aliphatic carbocycles. The van der Waals surface area contributed by atoms with Crippen molar-refractivity contribution in [3.05, 3.63) is 164 Å². The summed E-state index contributed by atoms with van der Waals surface area (Å²) in [7, 11) is 0. The highest BCUT2D eigenvalue weighted by Crippen LogP contribution is 2.38. The van der Waals surface area contributed by atoms with Crippen LogP contribution in [0, 0.1) is 0 Å². The fraction of sp³-hybridized carbons (Fsp3) is 0. The second-order valence-electron chi connectivity index (χ2n) is 11.9. The molecule has 10 rings (SSSR count). The predicted octanol–water partition coefficient (Wildman–Crippen LogP) is 12.1. The quantitative estimate of drug-likeness (QED) is 0.193. The van der Waals surface area contributed by atoms with Crippen molar-refractivity contribution in [3.63, 3.8) is 0 Å². The number of thiophene rings is 1. The third kappa shape index (κ3) is 4.27. The molecule has 0 saturated heterocycles. The average Bonchev–Trinajstić information content (AvgIpc) is 3.74. The van der Waals surface area contributed by atoms with Gasteiger partial charge in [0.15, 0.2) is 0 Å². The van der Waals surface area contributed by atoms with Crippen LogP contribution in [0.25, 0.3) is 92.3 Å². The number of hydrogen-bond acceptors (Lipinski definition) is 3. The Morgan fingerprint density at radius 3 is 1.88 bits per heavy atom. The van der Waals surface area contributed by atoms with Gasteiger partial charge in [-0.3, -0.25) is 4.57 Å². The highest BCUT2D eigenvalue weighted by molar-refractivity contribution is 7.25. The van der Waals surface area contributed by atoms with Crippen molar-refractivity contribution >= 4 is 64.2 Å². The SMILES string of the molecule is [2H]c1c([2H])c([2H])c(-c2nc(-n3c4ccccc4c4cc(-c5ccc(-c6ccc7sc8ccccc8c7c6)cc5)ccc43)nc3ccccc23)c([2H])c1[2H]. The number of aromatic nitrogens is 3. The molecular weight excluding hydrogens is 603 g/mol. The maximum absolute atomic E-state index is 8.74. The molecule has 7 aromatic carbocycles. The molecule has 10 aromatic rings. The molecule has 0 aliphatic heterocycles. The Morgan fingerprint density at radius 1 is 0.458 bits per heavy atom. The molecule has 0 amide bonds. The van der Waals surface area contributed by atoms with Crippen LogP contribution in [0.5, 0.6) is 0 Å². The zero-order chi connectivity index (χ0) is 36.0. The van der Waals surface area contributed by atoms with E-state index in [2.05, 4.69) is 91.0 Å². The Labute approximate surface area is 288 Å². The third-order valence-corrected chi connectivity index (χ3v) is 10.3. The number of fused-ring (bicyclic) bond motifs is 7. The van der Waals surface area contributed by atoms with Crippen molar-refractivity contribution in [3.8, 4) is 39.5 Å². The molecule has 0 atom stereocenters. The van der Waals surface area contributed by atoms with Gasteiger partial charge in [-0.15, -0.1) is 11.3 Å². The second kappa shape index (κ2) is 10.7. The van der Waals surface area contributed by atoms with Crippen LogP contribution in [0.15, 0.2) is 164 Å². The molecule has 0 bridgehead atoms. The van der Waals surface area contributed by atoms with E-state index in [0.717, 1.165) is 38.5 Å². The normalized spacial score (nSPS) is 13.2. The molecule has 0 fully saturated rings. The Hall–Kier alpha value is -6.10. The summed E-state index contributed by atoms with van der Waals surface area (Å²) in [6.45, 7) is 0. The summed E-state index contributed by atoms with van der Waals surface area (Å²) in [6.07, 6.45) is 0. The molecule has 224 valence electrons. The van der Waals surface area contributed by atoms with Gasteiger partial charge in [0, 0.05) is 41.9 Å². The lowest BCUT2D eigenvalue weighted by Gasteiger charge is -2.12. The molecule has 0 N–H and O–H groups in total. The topological polar surface area (TPSA) is 30.7 Å². The molecule has 3 nitrogen and oxygen atoms in total. The minimum absolute atomic E-state index is 0.0472. The van der Waals surface area contributed by atoms with E-state index in [4.69, 9.17) is 16.8 Å². The summed E-state index contributed by atoms with van der Waals surface area (Å²) in [5, 5.41) is 5.23. The van der Waals surface area contributed by atoms with Crippen LogP contribution in [-0.2, 0) is 0 Å². The van der Waals surface area contributed by atoms with Gasteiger partial charge in [-0.1, -0.05) is 121 Å². The van der Waals surface area contributed by atoms with E-state index < -0.39 is 18.1 Å². The summed E-state index contributed by atoms with van der Waals surface area (Å²) in [4.78, 5) is 9.96. The zero-order valence-electron chi connectivity index (χ0n) is 30.5. The smallest absolute Gasteiger partial charge is 0.235 e. The fourth-order valence-electron chi connectivity index (χ4n) is 6.85. The van der Waals surface area contributed by atoms with Crippen molar-refractivity contribution in [2.24, 2.45) is 0 Å². The third-order valence-electron chi connectivity index (χ3n) is 9.13. The fourth-order valence-corrected chi connectivity index (χ4v) is 7.94. The van der Waals surface area contributed by atoms with Gasteiger partial charge >= 0.3 is 0 Å². The van der Waals surface area contributed by atoms with Gasteiger partial charge in [-0.25, -0.2) is 9.97 Å². The molecule has 3 aromatic heterocycles. The van der Waals surface area contributed by atoms with Gasteiger partial charge in [0.05, 0.1) is 29.1 Å². The number of benzene rings is 7. The Kier molecular flexibility index (Phi) is 5.01. The number of para-hydroxylation sites is 2. The van der Waals surface area contributed by atoms with Crippen LogP contribution in [0.4, 0.5) is 0 Å². The van der Waals surface area contributed by atoms with Crippen LogP contribution in [0.3, 0.4) is 0 Å². The summed E-state index contributed by atoms with van der Waals surface area (Å²) in [5.41, 5.74) is 7.25. The predicted molar refractivity (Wildman–Crippen MR) is 203 cm³/mol. The van der Waals surface area contributed by atoms with Gasteiger partial charge < -0.3 is 0 Å². The van der Waals surface area contributed by atoms with Gasteiger partial charge in [0.1, 0.15) is 0 Å². The van der Waals surface area contributed by atoms with Gasteiger partial charge in [0.25, 0.3) is 0 Å². The number of nitrogens with zero attached hydrogens (tertiary/aromatic N) is 3. The average molecular weight is 635 g/mol. The van der Waals surface area contributed by atoms with E-state index in [-0.39, 0.29) is 23.3 Å². The molecule has 0 unspecified atom stereocenters. The minimum Gasteiger partial charge on any atom is -0.278 e. The van der Waals surface area contributed by atoms with Crippen LogP contribution in [0.2, 0.25) is 0 Å². The summed E-state index contributed by atoms with van der Waals surface area (Å²) >= 11 is 1.82. The summed E-state index contributed by atoms with van der Waals surface area (Å²) in [6, 6.07) is 44.0. The highest BCUT2D eigenvalue weighted by Gasteiger charge is 2.18. The van der Waals surface area contributed by atoms with Gasteiger partial charge in [-0.05, 0) is 64.7 Å². The molecule has 48 heavy (non-hydrogen) atoms. The largest absolute Gasteiger partial charge is 0.278 e. The molecule has 0 saturated carbocycles. The maximum Gasteiger partial charge on any atom is 0.235 e. The van der Waals surface area contributed by atoms with Gasteiger partial charge in [0.2, 0.25) is 5.95 Å². The number of rotatable bonds is 4. The molecular formula is C44H27N3S. The van der Waals surface area contributed by atoms with Gasteiger partial charge in [-0.2, -0.15) is 0 Å². The van der Waals surface area contributed by atoms with E-state index in [1.807, 2.05) is 58.4 Å². The highest BCUT2D eigenvalue weighted by atomic mass is 32.1. The molecule has 0 spiro atoms. The molecule has 0 aliphatic rings. The summed E-state index contributed by atoms with van der Waals surface area (Å²) < 4.78 is 46.9. The molecule has 4 heteroatoms. The first kappa shape index (κ1) is 22.4. The standard InChI is InChI=1S/C44H27N3S/c1-2-10-30(11-3-1)43-35-14-4-7-15-38(35)45-44(46-43)47-39-16-8-5-12-33(39)36-26-31(22-24-40(36)47)28-18-20-29(21-19-28)32-23-25-42-37(27-32)34-13-6-9-17-41(34)48-42/h1-27H/i1D,2D,3D,10D,11D. The van der Waals surface area contributed by atoms with Crippen molar-refractivity contribution in [2.45, 2.75) is 0 Å². The second-order valence-corrected chi connectivity index (χ2v) is 12.9. The monoisotopic (exact) mass is 634 g/mol. The van der Waals surface area contributed by atoms with Crippen LogP contribution in [-0.4, -0.2) is 14.5 Å². The first-order valence-corrected chi connectivity index (χ1v) is 16.6. The first-order valence-electron chi connectivity index (χ1n) is 18.3. The Morgan fingerprint density at radius 2 is 1.06 bits per heavy atom. The van der Waals surface area contributed by atoms with E-state index in [9.17, 15) is 0 Å². The van der Waals surface area contributed by atoms with E-state index in [1.165, 1.54) is 25.7 Å². The minimum atomic E-state index is -0.441.